The first-order valence-electron chi connectivity index (χ1n) is 13.9. The Labute approximate surface area is 267 Å². The summed E-state index contributed by atoms with van der Waals surface area (Å²) < 4.78 is 11.3. The van der Waals surface area contributed by atoms with Gasteiger partial charge in [0.2, 0.25) is 11.8 Å². The van der Waals surface area contributed by atoms with Crippen molar-refractivity contribution in [1.29, 1.82) is 0 Å². The number of benzene rings is 2. The molecule has 0 aromatic heterocycles. The van der Waals surface area contributed by atoms with E-state index in [0.717, 1.165) is 21.3 Å². The zero-order valence-electron chi connectivity index (χ0n) is 25.2. The van der Waals surface area contributed by atoms with Crippen LogP contribution in [0.25, 0.3) is 4.85 Å². The summed E-state index contributed by atoms with van der Waals surface area (Å²) in [5, 5.41) is 10.8. The molecule has 4 rings (SSSR count). The molecule has 2 atom stereocenters. The van der Waals surface area contributed by atoms with Crippen molar-refractivity contribution >= 4 is 57.0 Å². The third-order valence-electron chi connectivity index (χ3n) is 6.22. The maximum atomic E-state index is 12.2. The maximum Gasteiger partial charge on any atom is 0.408 e. The minimum absolute atomic E-state index is 0. The topological polar surface area (TPSA) is 139 Å². The van der Waals surface area contributed by atoms with Crippen molar-refractivity contribution in [2.45, 2.75) is 97.9 Å². The van der Waals surface area contributed by atoms with Crippen LogP contribution in [0.5, 0.6) is 0 Å². The SMILES string of the molecule is C.CC(C)(C)OC(=O)N[C@H]1CCc2cc(Br)ccc2NC1=O.[C-]#[N+]c1ccc2c(c1)CC[C@H](NC(=O)OC(C)(C)C)C(=O)N2. The molecule has 0 fully saturated rings. The van der Waals surface area contributed by atoms with E-state index in [4.69, 9.17) is 16.0 Å². The van der Waals surface area contributed by atoms with Crippen LogP contribution in [0.2, 0.25) is 0 Å². The van der Waals surface area contributed by atoms with E-state index in [2.05, 4.69) is 42.0 Å². The number of aryl methyl sites for hydroxylation is 2. The number of carbonyl (C=O) groups is 4. The molecule has 2 aliphatic rings. The largest absolute Gasteiger partial charge is 0.444 e. The second kappa shape index (κ2) is 15.1. The van der Waals surface area contributed by atoms with Crippen LogP contribution in [0.15, 0.2) is 40.9 Å². The first kappa shape index (κ1) is 36.1. The van der Waals surface area contributed by atoms with E-state index >= 15 is 0 Å². The Balaban J connectivity index is 0.000000300. The lowest BCUT2D eigenvalue weighted by atomic mass is 10.1. The van der Waals surface area contributed by atoms with Crippen LogP contribution in [0.1, 0.15) is 72.9 Å². The van der Waals surface area contributed by atoms with Crippen molar-refractivity contribution in [1.82, 2.24) is 10.6 Å². The van der Waals surface area contributed by atoms with Gasteiger partial charge < -0.3 is 30.7 Å². The molecule has 12 heteroatoms. The fourth-order valence-corrected chi connectivity index (χ4v) is 4.75. The number of hydrogen-bond acceptors (Lipinski definition) is 6. The van der Waals surface area contributed by atoms with E-state index < -0.39 is 35.5 Å². The quantitative estimate of drug-likeness (QED) is 0.257. The summed E-state index contributed by atoms with van der Waals surface area (Å²) in [5.74, 6) is -0.498. The van der Waals surface area contributed by atoms with Crippen LogP contribution in [-0.4, -0.2) is 47.3 Å². The predicted octanol–water partition coefficient (Wildman–Crippen LogP) is 6.88. The Kier molecular flexibility index (Phi) is 12.3. The molecule has 2 aromatic carbocycles. The van der Waals surface area contributed by atoms with Crippen molar-refractivity contribution in [2.24, 2.45) is 0 Å². The van der Waals surface area contributed by atoms with Gasteiger partial charge in [0.1, 0.15) is 23.3 Å². The molecule has 0 saturated heterocycles. The first-order valence-corrected chi connectivity index (χ1v) is 14.7. The highest BCUT2D eigenvalue weighted by Crippen LogP contribution is 2.27. The van der Waals surface area contributed by atoms with Gasteiger partial charge in [0.05, 0.1) is 6.57 Å². The summed E-state index contributed by atoms with van der Waals surface area (Å²) in [4.78, 5) is 51.3. The Hall–Kier alpha value is -4.11. The van der Waals surface area contributed by atoms with Gasteiger partial charge >= 0.3 is 12.2 Å². The van der Waals surface area contributed by atoms with Crippen LogP contribution in [0.3, 0.4) is 0 Å². The summed E-state index contributed by atoms with van der Waals surface area (Å²) in [6.45, 7) is 17.7. The van der Waals surface area contributed by atoms with Gasteiger partial charge in [-0.3, -0.25) is 9.59 Å². The number of ether oxygens (including phenoxy) is 2. The van der Waals surface area contributed by atoms with Gasteiger partial charge in [-0.05, 0) is 103 Å². The summed E-state index contributed by atoms with van der Waals surface area (Å²) in [7, 11) is 0. The van der Waals surface area contributed by atoms with Crippen LogP contribution in [0, 0.1) is 6.57 Å². The molecule has 0 aliphatic carbocycles. The van der Waals surface area contributed by atoms with Crippen molar-refractivity contribution < 1.29 is 28.7 Å². The number of hydrogen-bond donors (Lipinski definition) is 4. The third-order valence-corrected chi connectivity index (χ3v) is 6.71. The molecule has 4 N–H and O–H groups in total. The molecular formula is C32H42BrN5O6. The number of alkyl carbamates (subject to hydrolysis) is 2. The average Bonchev–Trinajstić information content (AvgIpc) is 3.13. The normalized spacial score (nSPS) is 17.5. The van der Waals surface area contributed by atoms with Gasteiger partial charge in [0.15, 0.2) is 5.69 Å². The number of nitrogens with one attached hydrogen (secondary N) is 4. The Morgan fingerprint density at radius 1 is 0.818 bits per heavy atom. The summed E-state index contributed by atoms with van der Waals surface area (Å²) in [5.41, 5.74) is 2.76. The van der Waals surface area contributed by atoms with Gasteiger partial charge in [0.25, 0.3) is 0 Å². The van der Waals surface area contributed by atoms with E-state index in [1.165, 1.54) is 0 Å². The standard InChI is InChI=1S/C16H19N3O3.C15H19BrN2O3.CH4/c1-16(2,3)22-15(21)19-13-7-5-10-9-11(17-4)6-8-12(10)18-14(13)20;1-15(2,3)21-14(20)18-12-6-4-9-8-10(16)5-7-11(9)17-13(12)19;/h6,8-9,13H,5,7H2,1-3H3,(H,18,20)(H,19,21);5,7-8,12H,4,6H2,1-3H3,(H,17,19)(H,18,20);1H4/t13-;12-;/m00./s1. The predicted molar refractivity (Wildman–Crippen MR) is 174 cm³/mol. The smallest absolute Gasteiger partial charge is 0.408 e. The zero-order chi connectivity index (χ0) is 31.9. The van der Waals surface area contributed by atoms with Crippen molar-refractivity contribution in [3.05, 3.63) is 63.4 Å². The zero-order valence-corrected chi connectivity index (χ0v) is 26.8. The van der Waals surface area contributed by atoms with Gasteiger partial charge in [0, 0.05) is 15.8 Å². The van der Waals surface area contributed by atoms with Gasteiger partial charge in [-0.2, -0.15) is 0 Å². The molecule has 44 heavy (non-hydrogen) atoms. The minimum Gasteiger partial charge on any atom is -0.444 e. The fourth-order valence-electron chi connectivity index (χ4n) is 4.35. The molecule has 2 aliphatic heterocycles. The minimum atomic E-state index is -0.654. The molecule has 0 spiro atoms. The monoisotopic (exact) mass is 671 g/mol. The highest BCUT2D eigenvalue weighted by molar-refractivity contribution is 9.10. The van der Waals surface area contributed by atoms with E-state index in [0.29, 0.717) is 37.1 Å². The average molecular weight is 673 g/mol. The summed E-state index contributed by atoms with van der Waals surface area (Å²) >= 11 is 3.42. The van der Waals surface area contributed by atoms with Crippen LogP contribution < -0.4 is 21.3 Å². The molecule has 0 bridgehead atoms. The van der Waals surface area contributed by atoms with E-state index in [-0.39, 0.29) is 19.2 Å². The van der Waals surface area contributed by atoms with Crippen molar-refractivity contribution in [2.75, 3.05) is 10.6 Å². The summed E-state index contributed by atoms with van der Waals surface area (Å²) in [6.07, 6.45) is 1.11. The number of halogens is 1. The van der Waals surface area contributed by atoms with Crippen LogP contribution in [-0.2, 0) is 31.9 Å². The molecule has 2 aromatic rings. The molecule has 4 amide bonds. The molecule has 0 radical (unpaired) electrons. The van der Waals surface area contributed by atoms with Gasteiger partial charge in [-0.15, -0.1) is 0 Å². The molecule has 0 unspecified atom stereocenters. The Morgan fingerprint density at radius 2 is 1.25 bits per heavy atom. The number of fused-ring (bicyclic) bond motifs is 2. The Morgan fingerprint density at radius 3 is 1.68 bits per heavy atom. The molecule has 2 heterocycles. The molecule has 238 valence electrons. The van der Waals surface area contributed by atoms with Crippen LogP contribution in [0.4, 0.5) is 26.7 Å². The lowest BCUT2D eigenvalue weighted by Crippen LogP contribution is -2.45. The lowest BCUT2D eigenvalue weighted by Gasteiger charge is -2.22. The second-order valence-corrected chi connectivity index (χ2v) is 13.1. The number of anilines is 2. The van der Waals surface area contributed by atoms with Gasteiger partial charge in [-0.1, -0.05) is 35.5 Å². The molecular weight excluding hydrogens is 630 g/mol. The number of amides is 4. The second-order valence-electron chi connectivity index (χ2n) is 12.2. The van der Waals surface area contributed by atoms with E-state index in [9.17, 15) is 19.2 Å². The van der Waals surface area contributed by atoms with Crippen LogP contribution >= 0.6 is 15.9 Å². The summed E-state index contributed by atoms with van der Waals surface area (Å²) in [6, 6.07) is 9.60. The highest BCUT2D eigenvalue weighted by atomic mass is 79.9. The third kappa shape index (κ3) is 11.2. The first-order chi connectivity index (χ1) is 20.0. The van der Waals surface area contributed by atoms with Gasteiger partial charge in [-0.25, -0.2) is 14.4 Å². The highest BCUT2D eigenvalue weighted by Gasteiger charge is 2.28. The fraction of sp³-hybridized carbons (Fsp3) is 0.469. The number of nitrogens with zero attached hydrogens (tertiary/aromatic N) is 1. The number of carbonyl (C=O) groups excluding carboxylic acids is 4. The van der Waals surface area contributed by atoms with E-state index in [1.807, 2.05) is 18.2 Å². The maximum absolute atomic E-state index is 12.2. The van der Waals surface area contributed by atoms with E-state index in [1.54, 1.807) is 59.7 Å². The lowest BCUT2D eigenvalue weighted by molar-refractivity contribution is -0.118. The number of rotatable bonds is 2. The molecule has 0 saturated carbocycles. The van der Waals surface area contributed by atoms with Crippen molar-refractivity contribution in [3.8, 4) is 0 Å². The Bertz CT molecular complexity index is 1420. The molecule has 11 nitrogen and oxygen atoms in total. The van der Waals surface area contributed by atoms with Crippen molar-refractivity contribution in [3.63, 3.8) is 0 Å².